The average molecular weight is 773 g/mol. The highest BCUT2D eigenvalue weighted by atomic mass is 32.2. The van der Waals surface area contributed by atoms with Crippen molar-refractivity contribution in [2.75, 3.05) is 0 Å². The molecule has 1 spiro atoms. The van der Waals surface area contributed by atoms with Crippen LogP contribution in [0, 0.1) is 11.3 Å². The second-order valence-electron chi connectivity index (χ2n) is 14.7. The van der Waals surface area contributed by atoms with Crippen molar-refractivity contribution in [3.8, 4) is 73.6 Å². The van der Waals surface area contributed by atoms with E-state index < -0.39 is 8.07 Å². The normalized spacial score (nSPS) is 12.9. The van der Waals surface area contributed by atoms with Gasteiger partial charge in [0.05, 0.1) is 11.6 Å². The van der Waals surface area contributed by atoms with Crippen LogP contribution in [0.3, 0.4) is 0 Å². The van der Waals surface area contributed by atoms with Crippen molar-refractivity contribution in [1.82, 2.24) is 15.0 Å². The number of rotatable bonds is 5. The minimum Gasteiger partial charge on any atom is -0.208 e. The first-order valence-corrected chi connectivity index (χ1v) is 22.1. The second kappa shape index (κ2) is 13.8. The zero-order chi connectivity index (χ0) is 38.6. The Morgan fingerprint density at radius 3 is 1.50 bits per heavy atom. The van der Waals surface area contributed by atoms with Crippen molar-refractivity contribution in [1.29, 1.82) is 5.26 Å². The van der Waals surface area contributed by atoms with Crippen molar-refractivity contribution < 1.29 is 0 Å². The third kappa shape index (κ3) is 5.47. The van der Waals surface area contributed by atoms with Gasteiger partial charge in [-0.2, -0.15) is 5.26 Å². The Balaban J connectivity index is 1.01. The van der Waals surface area contributed by atoms with Gasteiger partial charge in [0.25, 0.3) is 0 Å². The van der Waals surface area contributed by atoms with E-state index in [4.69, 9.17) is 15.0 Å². The third-order valence-corrected chi connectivity index (χ3v) is 17.9. The molecule has 11 rings (SSSR count). The fraction of sp³-hybridized carbons (Fsp3) is 0. The summed E-state index contributed by atoms with van der Waals surface area (Å²) in [5.41, 5.74) is 10.4. The zero-order valence-electron chi connectivity index (χ0n) is 31.2. The molecular formula is C52H32N4SSi. The van der Waals surface area contributed by atoms with Gasteiger partial charge in [-0.15, -0.1) is 0 Å². The number of nitriles is 1. The van der Waals surface area contributed by atoms with Crippen molar-refractivity contribution in [3.05, 3.63) is 200 Å². The number of benzene rings is 8. The molecule has 3 heterocycles. The summed E-state index contributed by atoms with van der Waals surface area (Å²) in [5, 5.41) is 15.2. The standard InChI is InChI=1S/C52H32N4SSi/c53-33-34-21-23-35(24-22-34)39-13-10-14-41(31-39)52-55-50(37-11-2-1-3-12-37)54-51(56-52)38-27-25-36(26-28-38)40-29-30-43-42-15-4-7-18-46(42)58(49(43)32-40)47-19-8-5-16-44(47)57-45-17-6-9-20-48(45)58/h1-32H. The van der Waals surface area contributed by atoms with Crippen LogP contribution in [0.2, 0.25) is 0 Å². The fourth-order valence-electron chi connectivity index (χ4n) is 8.77. The van der Waals surface area contributed by atoms with E-state index in [1.165, 1.54) is 47.2 Å². The first-order valence-electron chi connectivity index (χ1n) is 19.3. The lowest BCUT2D eigenvalue weighted by molar-refractivity contribution is 1.07. The summed E-state index contributed by atoms with van der Waals surface area (Å²) in [6, 6.07) is 71.1. The van der Waals surface area contributed by atoms with Crippen LogP contribution in [0.4, 0.5) is 0 Å². The van der Waals surface area contributed by atoms with Gasteiger partial charge in [-0.05, 0) is 84.5 Å². The average Bonchev–Trinajstić information content (AvgIpc) is 3.59. The van der Waals surface area contributed by atoms with Crippen LogP contribution in [0.25, 0.3) is 67.5 Å². The largest absolute Gasteiger partial charge is 0.208 e. The Hall–Kier alpha value is -7.17. The molecule has 0 unspecified atom stereocenters. The summed E-state index contributed by atoms with van der Waals surface area (Å²) in [6.07, 6.45) is 0. The van der Waals surface area contributed by atoms with Crippen LogP contribution >= 0.6 is 11.8 Å². The van der Waals surface area contributed by atoms with Gasteiger partial charge in [-0.25, -0.2) is 15.0 Å². The van der Waals surface area contributed by atoms with Gasteiger partial charge in [-0.1, -0.05) is 176 Å². The van der Waals surface area contributed by atoms with Crippen molar-refractivity contribution in [3.63, 3.8) is 0 Å². The molecule has 2 aliphatic heterocycles. The molecule has 0 N–H and O–H groups in total. The first-order chi connectivity index (χ1) is 28.7. The lowest BCUT2D eigenvalue weighted by Gasteiger charge is -2.37. The molecule has 0 radical (unpaired) electrons. The number of hydrogen-bond donors (Lipinski definition) is 0. The lowest BCUT2D eigenvalue weighted by Crippen LogP contribution is -2.74. The molecule has 1 aromatic heterocycles. The smallest absolute Gasteiger partial charge is 0.183 e. The predicted molar refractivity (Wildman–Crippen MR) is 238 cm³/mol. The molecule has 9 aromatic rings. The molecule has 8 aromatic carbocycles. The minimum atomic E-state index is -2.60. The van der Waals surface area contributed by atoms with Gasteiger partial charge in [-0.3, -0.25) is 0 Å². The van der Waals surface area contributed by atoms with E-state index in [0.717, 1.165) is 33.4 Å². The maximum atomic E-state index is 9.30. The monoisotopic (exact) mass is 772 g/mol. The van der Waals surface area contributed by atoms with Gasteiger partial charge in [0, 0.05) is 26.5 Å². The predicted octanol–water partition coefficient (Wildman–Crippen LogP) is 9.90. The Labute approximate surface area is 342 Å². The van der Waals surface area contributed by atoms with Gasteiger partial charge in [0.2, 0.25) is 0 Å². The summed E-state index contributed by atoms with van der Waals surface area (Å²) in [5.74, 6) is 1.83. The Morgan fingerprint density at radius 1 is 0.362 bits per heavy atom. The van der Waals surface area contributed by atoms with E-state index in [-0.39, 0.29) is 0 Å². The summed E-state index contributed by atoms with van der Waals surface area (Å²) < 4.78 is 0. The highest BCUT2D eigenvalue weighted by Gasteiger charge is 2.52. The molecule has 0 fully saturated rings. The van der Waals surface area contributed by atoms with Crippen LogP contribution in [-0.4, -0.2) is 23.0 Å². The number of nitrogens with zero attached hydrogens (tertiary/aromatic N) is 4. The Morgan fingerprint density at radius 2 is 0.828 bits per heavy atom. The van der Waals surface area contributed by atoms with E-state index in [9.17, 15) is 5.26 Å². The van der Waals surface area contributed by atoms with Gasteiger partial charge < -0.3 is 0 Å². The molecule has 0 aliphatic carbocycles. The molecular weight excluding hydrogens is 741 g/mol. The third-order valence-electron chi connectivity index (χ3n) is 11.5. The number of fused-ring (bicyclic) bond motifs is 9. The highest BCUT2D eigenvalue weighted by molar-refractivity contribution is 8.00. The molecule has 0 bridgehead atoms. The molecule has 0 atom stereocenters. The molecule has 0 amide bonds. The van der Waals surface area contributed by atoms with E-state index in [1.807, 2.05) is 78.5 Å². The number of hydrogen-bond acceptors (Lipinski definition) is 5. The minimum absolute atomic E-state index is 0.600. The van der Waals surface area contributed by atoms with E-state index in [1.54, 1.807) is 0 Å². The maximum Gasteiger partial charge on any atom is 0.183 e. The molecule has 58 heavy (non-hydrogen) atoms. The van der Waals surface area contributed by atoms with Crippen LogP contribution in [0.5, 0.6) is 0 Å². The van der Waals surface area contributed by atoms with E-state index in [2.05, 4.69) is 133 Å². The van der Waals surface area contributed by atoms with Gasteiger partial charge in [0.1, 0.15) is 0 Å². The van der Waals surface area contributed by atoms with Crippen LogP contribution in [0.15, 0.2) is 204 Å². The topological polar surface area (TPSA) is 62.5 Å². The molecule has 0 saturated carbocycles. The molecule has 0 saturated heterocycles. The summed E-state index contributed by atoms with van der Waals surface area (Å²) in [6.45, 7) is 0. The summed E-state index contributed by atoms with van der Waals surface area (Å²) in [4.78, 5) is 17.8. The summed E-state index contributed by atoms with van der Waals surface area (Å²) in [7, 11) is -2.60. The van der Waals surface area contributed by atoms with Gasteiger partial charge >= 0.3 is 0 Å². The van der Waals surface area contributed by atoms with Crippen molar-refractivity contribution in [2.45, 2.75) is 9.79 Å². The number of aromatic nitrogens is 3. The zero-order valence-corrected chi connectivity index (χ0v) is 33.0. The molecule has 2 aliphatic rings. The van der Waals surface area contributed by atoms with Crippen LogP contribution in [0.1, 0.15) is 5.56 Å². The van der Waals surface area contributed by atoms with E-state index >= 15 is 0 Å². The lowest BCUT2D eigenvalue weighted by atomic mass is 9.99. The van der Waals surface area contributed by atoms with Crippen LogP contribution < -0.4 is 20.7 Å². The Bertz CT molecular complexity index is 3050. The second-order valence-corrected chi connectivity index (χ2v) is 19.4. The Kier molecular flexibility index (Phi) is 8.11. The van der Waals surface area contributed by atoms with Crippen molar-refractivity contribution >= 4 is 40.6 Å². The molecule has 6 heteroatoms. The van der Waals surface area contributed by atoms with Crippen LogP contribution in [-0.2, 0) is 0 Å². The van der Waals surface area contributed by atoms with Gasteiger partial charge in [0.15, 0.2) is 25.5 Å². The molecule has 4 nitrogen and oxygen atoms in total. The van der Waals surface area contributed by atoms with Crippen molar-refractivity contribution in [2.24, 2.45) is 0 Å². The highest BCUT2D eigenvalue weighted by Crippen LogP contribution is 2.39. The fourth-order valence-corrected chi connectivity index (χ4v) is 16.2. The SMILES string of the molecule is N#Cc1ccc(-c2cccc(-c3nc(-c4ccccc4)nc(-c4ccc(-c5ccc6c(c5)[Si]5(c7ccccc7Sc7ccccc75)c5ccccc5-6)cc4)n3)c2)cc1. The van der Waals surface area contributed by atoms with E-state index in [0.29, 0.717) is 23.0 Å². The maximum absolute atomic E-state index is 9.30. The first kappa shape index (κ1) is 34.1. The quantitative estimate of drug-likeness (QED) is 0.163. The molecule has 270 valence electrons. The summed E-state index contributed by atoms with van der Waals surface area (Å²) >= 11 is 1.90.